The van der Waals surface area contributed by atoms with Crippen LogP contribution in [0.4, 0.5) is 0 Å². The Balaban J connectivity index is 2.40. The second-order valence-electron chi connectivity index (χ2n) is 5.05. The maximum absolute atomic E-state index is 11.9. The van der Waals surface area contributed by atoms with Gasteiger partial charge < -0.3 is 9.72 Å². The van der Waals surface area contributed by atoms with E-state index in [1.807, 2.05) is 44.2 Å². The SMILES string of the molecule is CC(C)COC(c1ccccc1)c1c[nH]c(=O)[nH]c1=O. The van der Waals surface area contributed by atoms with Crippen molar-refractivity contribution in [2.75, 3.05) is 6.61 Å². The smallest absolute Gasteiger partial charge is 0.325 e. The molecule has 1 heterocycles. The molecular weight excluding hydrogens is 256 g/mol. The van der Waals surface area contributed by atoms with Gasteiger partial charge in [0.05, 0.1) is 12.2 Å². The van der Waals surface area contributed by atoms with Crippen molar-refractivity contribution in [1.29, 1.82) is 0 Å². The fourth-order valence-corrected chi connectivity index (χ4v) is 1.90. The molecule has 5 nitrogen and oxygen atoms in total. The molecular formula is C15H18N2O3. The number of benzene rings is 1. The molecule has 0 fully saturated rings. The summed E-state index contributed by atoms with van der Waals surface area (Å²) in [5.74, 6) is 0.350. The van der Waals surface area contributed by atoms with Crippen LogP contribution in [0.3, 0.4) is 0 Å². The summed E-state index contributed by atoms with van der Waals surface area (Å²) >= 11 is 0. The van der Waals surface area contributed by atoms with Crippen molar-refractivity contribution in [2.45, 2.75) is 20.0 Å². The van der Waals surface area contributed by atoms with E-state index >= 15 is 0 Å². The Hall–Kier alpha value is -2.14. The molecule has 1 aromatic heterocycles. The Morgan fingerprint density at radius 2 is 1.85 bits per heavy atom. The summed E-state index contributed by atoms with van der Waals surface area (Å²) in [5.41, 5.74) is 0.336. The molecule has 1 unspecified atom stereocenters. The van der Waals surface area contributed by atoms with E-state index in [-0.39, 0.29) is 0 Å². The van der Waals surface area contributed by atoms with E-state index in [9.17, 15) is 9.59 Å². The average molecular weight is 274 g/mol. The van der Waals surface area contributed by atoms with E-state index in [1.165, 1.54) is 6.20 Å². The van der Waals surface area contributed by atoms with Gasteiger partial charge in [-0.2, -0.15) is 0 Å². The van der Waals surface area contributed by atoms with Gasteiger partial charge in [-0.1, -0.05) is 44.2 Å². The number of H-pyrrole nitrogens is 2. The number of nitrogens with one attached hydrogen (secondary N) is 2. The van der Waals surface area contributed by atoms with Crippen molar-refractivity contribution in [3.63, 3.8) is 0 Å². The van der Waals surface area contributed by atoms with Crippen molar-refractivity contribution in [3.8, 4) is 0 Å². The first-order chi connectivity index (χ1) is 9.58. The normalized spacial score (nSPS) is 12.6. The lowest BCUT2D eigenvalue weighted by Crippen LogP contribution is -2.27. The van der Waals surface area contributed by atoms with Gasteiger partial charge in [-0.05, 0) is 11.5 Å². The topological polar surface area (TPSA) is 75.0 Å². The lowest BCUT2D eigenvalue weighted by Gasteiger charge is -2.19. The average Bonchev–Trinajstić information content (AvgIpc) is 2.42. The monoisotopic (exact) mass is 274 g/mol. The third kappa shape index (κ3) is 3.45. The van der Waals surface area contributed by atoms with Crippen LogP contribution in [0.1, 0.15) is 31.1 Å². The molecule has 5 heteroatoms. The first-order valence-corrected chi connectivity index (χ1v) is 6.56. The minimum Gasteiger partial charge on any atom is -0.368 e. The molecule has 0 aliphatic heterocycles. The summed E-state index contributed by atoms with van der Waals surface area (Å²) in [5, 5.41) is 0. The Bertz CT molecular complexity index is 659. The molecule has 0 aliphatic rings. The lowest BCUT2D eigenvalue weighted by atomic mass is 10.0. The lowest BCUT2D eigenvalue weighted by molar-refractivity contribution is 0.0591. The zero-order chi connectivity index (χ0) is 14.5. The van der Waals surface area contributed by atoms with Gasteiger partial charge in [0.1, 0.15) is 6.10 Å². The number of hydrogen-bond donors (Lipinski definition) is 2. The summed E-state index contributed by atoms with van der Waals surface area (Å²) in [7, 11) is 0. The van der Waals surface area contributed by atoms with Gasteiger partial charge in [-0.15, -0.1) is 0 Å². The largest absolute Gasteiger partial charge is 0.368 e. The Kier molecular flexibility index (Phi) is 4.53. The zero-order valence-corrected chi connectivity index (χ0v) is 11.6. The molecule has 2 N–H and O–H groups in total. The highest BCUT2D eigenvalue weighted by Crippen LogP contribution is 2.23. The third-order valence-corrected chi connectivity index (χ3v) is 2.83. The zero-order valence-electron chi connectivity index (χ0n) is 11.6. The molecule has 106 valence electrons. The maximum atomic E-state index is 11.9. The van der Waals surface area contributed by atoms with Crippen LogP contribution in [0.2, 0.25) is 0 Å². The van der Waals surface area contributed by atoms with E-state index < -0.39 is 17.4 Å². The molecule has 20 heavy (non-hydrogen) atoms. The van der Waals surface area contributed by atoms with Crippen molar-refractivity contribution in [2.24, 2.45) is 5.92 Å². The number of rotatable bonds is 5. The number of aromatic amines is 2. The first-order valence-electron chi connectivity index (χ1n) is 6.56. The van der Waals surface area contributed by atoms with Crippen LogP contribution in [-0.2, 0) is 4.74 Å². The van der Waals surface area contributed by atoms with E-state index in [0.29, 0.717) is 18.1 Å². The molecule has 0 aliphatic carbocycles. The Morgan fingerprint density at radius 1 is 1.15 bits per heavy atom. The van der Waals surface area contributed by atoms with Crippen molar-refractivity contribution < 1.29 is 4.74 Å². The van der Waals surface area contributed by atoms with Crippen molar-refractivity contribution >= 4 is 0 Å². The Labute approximate surface area is 116 Å². The summed E-state index contributed by atoms with van der Waals surface area (Å²) in [4.78, 5) is 27.8. The van der Waals surface area contributed by atoms with E-state index in [0.717, 1.165) is 5.56 Å². The van der Waals surface area contributed by atoms with Gasteiger partial charge in [0.15, 0.2) is 0 Å². The summed E-state index contributed by atoms with van der Waals surface area (Å²) in [6.45, 7) is 4.61. The second-order valence-corrected chi connectivity index (χ2v) is 5.05. The maximum Gasteiger partial charge on any atom is 0.325 e. The van der Waals surface area contributed by atoms with Gasteiger partial charge in [-0.3, -0.25) is 9.78 Å². The number of hydrogen-bond acceptors (Lipinski definition) is 3. The molecule has 1 atom stereocenters. The van der Waals surface area contributed by atoms with Gasteiger partial charge in [0.2, 0.25) is 0 Å². The van der Waals surface area contributed by atoms with Gasteiger partial charge in [0.25, 0.3) is 5.56 Å². The third-order valence-electron chi connectivity index (χ3n) is 2.83. The van der Waals surface area contributed by atoms with Crippen LogP contribution in [0.5, 0.6) is 0 Å². The molecule has 1 aromatic carbocycles. The molecule has 2 aromatic rings. The molecule has 0 radical (unpaired) electrons. The summed E-state index contributed by atoms with van der Waals surface area (Å²) in [6.07, 6.45) is 0.929. The van der Waals surface area contributed by atoms with Gasteiger partial charge >= 0.3 is 5.69 Å². The summed E-state index contributed by atoms with van der Waals surface area (Å²) < 4.78 is 5.85. The predicted octanol–water partition coefficient (Wildman–Crippen LogP) is 1.83. The minimum atomic E-state index is -0.519. The second kappa shape index (κ2) is 6.34. The molecule has 0 bridgehead atoms. The van der Waals surface area contributed by atoms with Crippen LogP contribution >= 0.6 is 0 Å². The van der Waals surface area contributed by atoms with E-state index in [1.54, 1.807) is 0 Å². The fourth-order valence-electron chi connectivity index (χ4n) is 1.90. The first kappa shape index (κ1) is 14.3. The van der Waals surface area contributed by atoms with E-state index in [2.05, 4.69) is 9.97 Å². The van der Waals surface area contributed by atoms with Crippen LogP contribution in [0.25, 0.3) is 0 Å². The summed E-state index contributed by atoms with van der Waals surface area (Å²) in [6, 6.07) is 9.48. The quantitative estimate of drug-likeness (QED) is 0.873. The van der Waals surface area contributed by atoms with Gasteiger partial charge in [-0.25, -0.2) is 4.79 Å². The standard InChI is InChI=1S/C15H18N2O3/c1-10(2)9-20-13(11-6-4-3-5-7-11)12-8-16-15(19)17-14(12)18/h3-8,10,13H,9H2,1-2H3,(H2,16,17,18,19). The van der Waals surface area contributed by atoms with Crippen LogP contribution in [-0.4, -0.2) is 16.6 Å². The molecule has 2 rings (SSSR count). The predicted molar refractivity (Wildman–Crippen MR) is 76.8 cm³/mol. The molecule has 0 amide bonds. The van der Waals surface area contributed by atoms with E-state index in [4.69, 9.17) is 4.74 Å². The fraction of sp³-hybridized carbons (Fsp3) is 0.333. The highest BCUT2D eigenvalue weighted by molar-refractivity contribution is 5.26. The Morgan fingerprint density at radius 3 is 2.45 bits per heavy atom. The molecule has 0 saturated carbocycles. The van der Waals surface area contributed by atoms with Crippen molar-refractivity contribution in [3.05, 3.63) is 68.5 Å². The minimum absolute atomic E-state index is 0.350. The number of ether oxygens (including phenoxy) is 1. The highest BCUT2D eigenvalue weighted by Gasteiger charge is 2.18. The van der Waals surface area contributed by atoms with Gasteiger partial charge in [0, 0.05) is 6.20 Å². The van der Waals surface area contributed by atoms with Crippen LogP contribution < -0.4 is 11.2 Å². The number of aromatic nitrogens is 2. The highest BCUT2D eigenvalue weighted by atomic mass is 16.5. The van der Waals surface area contributed by atoms with Crippen molar-refractivity contribution in [1.82, 2.24) is 9.97 Å². The molecule has 0 spiro atoms. The van der Waals surface area contributed by atoms with Crippen LogP contribution in [0.15, 0.2) is 46.1 Å². The molecule has 0 saturated heterocycles. The van der Waals surface area contributed by atoms with Crippen LogP contribution in [0, 0.1) is 5.92 Å².